The Balaban J connectivity index is 2.18. The molecule has 6 nitrogen and oxygen atoms in total. The zero-order chi connectivity index (χ0) is 18.2. The second-order valence-corrected chi connectivity index (χ2v) is 5.76. The standard InChI is InChI=1S/C19H25N3O3/c1-4-5-12-25-15(3)19(24)20-18-13-17(21-22(18)10-11-23)16-9-7-6-8-14(16)2/h4,6-9,13,15,23H,1,5,10-12H2,2-3H3,(H,20,24). The summed E-state index contributed by atoms with van der Waals surface area (Å²) in [6.45, 7) is 8.01. The molecule has 0 bridgehead atoms. The van der Waals surface area contributed by atoms with Gasteiger partial charge in [0.25, 0.3) is 5.91 Å². The Morgan fingerprint density at radius 3 is 2.92 bits per heavy atom. The minimum atomic E-state index is -0.584. The van der Waals surface area contributed by atoms with Crippen LogP contribution in [0.15, 0.2) is 43.0 Å². The number of rotatable bonds is 9. The van der Waals surface area contributed by atoms with E-state index < -0.39 is 6.10 Å². The summed E-state index contributed by atoms with van der Waals surface area (Å²) in [5.41, 5.74) is 2.84. The van der Waals surface area contributed by atoms with E-state index in [0.29, 0.717) is 25.4 Å². The number of benzene rings is 1. The number of nitrogens with zero attached hydrogens (tertiary/aromatic N) is 2. The van der Waals surface area contributed by atoms with Gasteiger partial charge in [-0.05, 0) is 25.8 Å². The smallest absolute Gasteiger partial charge is 0.254 e. The maximum Gasteiger partial charge on any atom is 0.254 e. The number of amides is 1. The number of aliphatic hydroxyl groups is 1. The Hall–Kier alpha value is -2.44. The summed E-state index contributed by atoms with van der Waals surface area (Å²) in [5.74, 6) is 0.288. The molecule has 0 fully saturated rings. The average Bonchev–Trinajstić information content (AvgIpc) is 2.98. The highest BCUT2D eigenvalue weighted by molar-refractivity contribution is 5.93. The molecule has 6 heteroatoms. The third kappa shape index (κ3) is 5.01. The van der Waals surface area contributed by atoms with E-state index in [-0.39, 0.29) is 12.5 Å². The lowest BCUT2D eigenvalue weighted by Crippen LogP contribution is -2.29. The molecule has 1 unspecified atom stereocenters. The molecule has 0 saturated carbocycles. The summed E-state index contributed by atoms with van der Waals surface area (Å²) >= 11 is 0. The van der Waals surface area contributed by atoms with E-state index in [1.165, 1.54) is 0 Å². The van der Waals surface area contributed by atoms with Gasteiger partial charge in [0.1, 0.15) is 11.9 Å². The van der Waals surface area contributed by atoms with E-state index >= 15 is 0 Å². The first-order valence-corrected chi connectivity index (χ1v) is 8.35. The van der Waals surface area contributed by atoms with Gasteiger partial charge in [0, 0.05) is 11.6 Å². The molecule has 0 aliphatic carbocycles. The van der Waals surface area contributed by atoms with Gasteiger partial charge in [0.05, 0.1) is 25.5 Å². The fourth-order valence-corrected chi connectivity index (χ4v) is 2.41. The van der Waals surface area contributed by atoms with Crippen molar-refractivity contribution in [2.24, 2.45) is 0 Å². The molecule has 0 saturated heterocycles. The van der Waals surface area contributed by atoms with Crippen LogP contribution in [0.4, 0.5) is 5.82 Å². The van der Waals surface area contributed by atoms with Crippen molar-refractivity contribution in [1.82, 2.24) is 9.78 Å². The number of carbonyl (C=O) groups is 1. The van der Waals surface area contributed by atoms with Gasteiger partial charge in [-0.15, -0.1) is 6.58 Å². The molecule has 2 aromatic rings. The summed E-state index contributed by atoms with van der Waals surface area (Å²) in [6.07, 6.45) is 1.85. The molecule has 1 aromatic carbocycles. The highest BCUT2D eigenvalue weighted by atomic mass is 16.5. The zero-order valence-corrected chi connectivity index (χ0v) is 14.7. The number of aliphatic hydroxyl groups excluding tert-OH is 1. The molecule has 0 aliphatic rings. The lowest BCUT2D eigenvalue weighted by Gasteiger charge is -2.13. The molecule has 134 valence electrons. The maximum atomic E-state index is 12.3. The number of ether oxygens (including phenoxy) is 1. The first kappa shape index (κ1) is 18.9. The van der Waals surface area contributed by atoms with E-state index in [1.54, 1.807) is 17.7 Å². The number of hydrogen-bond donors (Lipinski definition) is 2. The Labute approximate surface area is 148 Å². The molecule has 1 amide bonds. The summed E-state index contributed by atoms with van der Waals surface area (Å²) in [6, 6.07) is 9.71. The number of carbonyl (C=O) groups excluding carboxylic acids is 1. The normalized spacial score (nSPS) is 12.0. The van der Waals surface area contributed by atoms with Gasteiger partial charge in [-0.25, -0.2) is 4.68 Å². The first-order valence-electron chi connectivity index (χ1n) is 8.35. The van der Waals surface area contributed by atoms with Crippen molar-refractivity contribution >= 4 is 11.7 Å². The second kappa shape index (κ2) is 9.15. The number of hydrogen-bond acceptors (Lipinski definition) is 4. The van der Waals surface area contributed by atoms with E-state index in [0.717, 1.165) is 16.8 Å². The minimum Gasteiger partial charge on any atom is -0.394 e. The fraction of sp³-hybridized carbons (Fsp3) is 0.368. The number of anilines is 1. The van der Waals surface area contributed by atoms with Crippen molar-refractivity contribution in [3.8, 4) is 11.3 Å². The third-order valence-corrected chi connectivity index (χ3v) is 3.82. The third-order valence-electron chi connectivity index (χ3n) is 3.82. The fourth-order valence-electron chi connectivity index (χ4n) is 2.41. The van der Waals surface area contributed by atoms with Gasteiger partial charge >= 0.3 is 0 Å². The summed E-state index contributed by atoms with van der Waals surface area (Å²) in [5, 5.41) is 16.6. The minimum absolute atomic E-state index is 0.0663. The van der Waals surface area contributed by atoms with Crippen molar-refractivity contribution in [3.63, 3.8) is 0 Å². The van der Waals surface area contributed by atoms with Gasteiger partial charge in [0.2, 0.25) is 0 Å². The monoisotopic (exact) mass is 343 g/mol. The van der Waals surface area contributed by atoms with Crippen LogP contribution in [0, 0.1) is 6.92 Å². The molecule has 0 radical (unpaired) electrons. The number of nitrogens with one attached hydrogen (secondary N) is 1. The van der Waals surface area contributed by atoms with Crippen molar-refractivity contribution in [3.05, 3.63) is 48.6 Å². The predicted octanol–water partition coefficient (Wildman–Crippen LogP) is 2.77. The van der Waals surface area contributed by atoms with Gasteiger partial charge in [-0.1, -0.05) is 30.3 Å². The molecule has 1 heterocycles. The SMILES string of the molecule is C=CCCOC(C)C(=O)Nc1cc(-c2ccccc2C)nn1CCO. The average molecular weight is 343 g/mol. The molecule has 2 N–H and O–H groups in total. The van der Waals surface area contributed by atoms with Crippen LogP contribution in [-0.4, -0.2) is 40.1 Å². The predicted molar refractivity (Wildman–Crippen MR) is 98.3 cm³/mol. The van der Waals surface area contributed by atoms with Gasteiger partial charge in [-0.2, -0.15) is 5.10 Å². The number of aromatic nitrogens is 2. The van der Waals surface area contributed by atoms with E-state index in [1.807, 2.05) is 37.3 Å². The second-order valence-electron chi connectivity index (χ2n) is 5.76. The summed E-state index contributed by atoms with van der Waals surface area (Å²) in [7, 11) is 0. The van der Waals surface area contributed by atoms with E-state index in [9.17, 15) is 9.90 Å². The van der Waals surface area contributed by atoms with Crippen LogP contribution in [-0.2, 0) is 16.1 Å². The zero-order valence-electron chi connectivity index (χ0n) is 14.7. The van der Waals surface area contributed by atoms with Gasteiger partial charge in [-0.3, -0.25) is 4.79 Å². The molecule has 1 aromatic heterocycles. The number of aryl methyl sites for hydroxylation is 1. The summed E-state index contributed by atoms with van der Waals surface area (Å²) < 4.78 is 7.06. The van der Waals surface area contributed by atoms with Crippen molar-refractivity contribution < 1.29 is 14.6 Å². The van der Waals surface area contributed by atoms with Crippen molar-refractivity contribution in [2.75, 3.05) is 18.5 Å². The van der Waals surface area contributed by atoms with Crippen LogP contribution >= 0.6 is 0 Å². The van der Waals surface area contributed by atoms with Gasteiger partial charge < -0.3 is 15.2 Å². The lowest BCUT2D eigenvalue weighted by molar-refractivity contribution is -0.126. The van der Waals surface area contributed by atoms with Crippen molar-refractivity contribution in [1.29, 1.82) is 0 Å². The van der Waals surface area contributed by atoms with Crippen LogP contribution in [0.1, 0.15) is 18.9 Å². The van der Waals surface area contributed by atoms with Crippen LogP contribution in [0.25, 0.3) is 11.3 Å². The largest absolute Gasteiger partial charge is 0.394 e. The highest BCUT2D eigenvalue weighted by Gasteiger charge is 2.17. The Kier molecular flexibility index (Phi) is 6.91. The summed E-state index contributed by atoms with van der Waals surface area (Å²) in [4.78, 5) is 12.3. The van der Waals surface area contributed by atoms with E-state index in [2.05, 4.69) is 17.0 Å². The van der Waals surface area contributed by atoms with Gasteiger partial charge in [0.15, 0.2) is 0 Å². The van der Waals surface area contributed by atoms with Crippen LogP contribution < -0.4 is 5.32 Å². The Morgan fingerprint density at radius 2 is 2.24 bits per heavy atom. The topological polar surface area (TPSA) is 76.4 Å². The van der Waals surface area contributed by atoms with Crippen molar-refractivity contribution in [2.45, 2.75) is 32.9 Å². The van der Waals surface area contributed by atoms with Crippen LogP contribution in [0.5, 0.6) is 0 Å². The molecule has 2 rings (SSSR count). The molecular weight excluding hydrogens is 318 g/mol. The Morgan fingerprint density at radius 1 is 1.48 bits per heavy atom. The molecule has 1 atom stereocenters. The highest BCUT2D eigenvalue weighted by Crippen LogP contribution is 2.25. The first-order chi connectivity index (χ1) is 12.1. The van der Waals surface area contributed by atoms with Crippen LogP contribution in [0.2, 0.25) is 0 Å². The molecular formula is C19H25N3O3. The van der Waals surface area contributed by atoms with Crippen LogP contribution in [0.3, 0.4) is 0 Å². The lowest BCUT2D eigenvalue weighted by atomic mass is 10.1. The maximum absolute atomic E-state index is 12.3. The Bertz CT molecular complexity index is 724. The molecule has 0 aliphatic heterocycles. The molecule has 25 heavy (non-hydrogen) atoms. The quantitative estimate of drug-likeness (QED) is 0.542. The molecule has 0 spiro atoms. The van der Waals surface area contributed by atoms with E-state index in [4.69, 9.17) is 4.74 Å².